The molecule has 0 aromatic heterocycles. The molecule has 2 N–H and O–H groups in total. The fraction of sp³-hybridized carbons (Fsp3) is 0.833. The molecule has 1 heterocycles. The van der Waals surface area contributed by atoms with Crippen molar-refractivity contribution in [3.05, 3.63) is 11.6 Å². The van der Waals surface area contributed by atoms with Crippen LogP contribution in [0.4, 0.5) is 0 Å². The first kappa shape index (κ1) is 19.7. The van der Waals surface area contributed by atoms with Crippen molar-refractivity contribution in [2.75, 3.05) is 6.61 Å². The summed E-state index contributed by atoms with van der Waals surface area (Å²) in [6.07, 6.45) is 7.93. The first-order valence-electron chi connectivity index (χ1n) is 11.5. The molecule has 4 fully saturated rings. The topological polar surface area (TPSA) is 83.8 Å². The van der Waals surface area contributed by atoms with E-state index in [0.717, 1.165) is 44.0 Å². The predicted octanol–water partition coefficient (Wildman–Crippen LogP) is 3.45. The van der Waals surface area contributed by atoms with Crippen LogP contribution < -0.4 is 0 Å². The summed E-state index contributed by atoms with van der Waals surface area (Å²) in [6.45, 7) is 6.39. The molecule has 0 radical (unpaired) electrons. The molecule has 5 rings (SSSR count). The quantitative estimate of drug-likeness (QED) is 0.544. The molecule has 0 aromatic rings. The summed E-state index contributed by atoms with van der Waals surface area (Å²) >= 11 is 0. The Bertz CT molecular complexity index is 773. The zero-order valence-corrected chi connectivity index (χ0v) is 17.8. The summed E-state index contributed by atoms with van der Waals surface area (Å²) in [6, 6.07) is 0. The molecule has 3 saturated carbocycles. The third-order valence-corrected chi connectivity index (χ3v) is 9.88. The van der Waals surface area contributed by atoms with Gasteiger partial charge >= 0.3 is 5.97 Å². The van der Waals surface area contributed by atoms with Gasteiger partial charge in [0.25, 0.3) is 0 Å². The number of allylic oxidation sites excluding steroid dienone is 1. The van der Waals surface area contributed by atoms with Crippen LogP contribution in [0, 0.1) is 45.8 Å². The van der Waals surface area contributed by atoms with E-state index in [9.17, 15) is 19.8 Å². The minimum Gasteiger partial charge on any atom is -0.481 e. The van der Waals surface area contributed by atoms with Crippen molar-refractivity contribution >= 4 is 12.3 Å². The molecule has 1 saturated heterocycles. The number of carboxylic acid groups (broad SMARTS) is 1. The van der Waals surface area contributed by atoms with Gasteiger partial charge in [-0.25, -0.2) is 0 Å². The maximum atomic E-state index is 13.4. The Morgan fingerprint density at radius 1 is 1.28 bits per heavy atom. The fourth-order valence-corrected chi connectivity index (χ4v) is 9.07. The Hall–Kier alpha value is -1.20. The highest BCUT2D eigenvalue weighted by molar-refractivity contribution is 5.90. The molecule has 29 heavy (non-hydrogen) atoms. The molecule has 1 aliphatic heterocycles. The standard InChI is InChI=1S/C24H34O5/c1-13(2)19-8-15-9-22(12-26)18-6-4-14(3)17(18)10-23(15,24(19,22)21(27)28)20-7-5-16(11-25)29-20/h8,12-18,20,25H,4-7,9-11H2,1-3H3,(H,27,28)/t14-,15?,16?,17-,18-,20?,22?,23?,24?/m1/s1. The largest absolute Gasteiger partial charge is 0.481 e. The van der Waals surface area contributed by atoms with Crippen molar-refractivity contribution in [3.8, 4) is 0 Å². The lowest BCUT2D eigenvalue weighted by Crippen LogP contribution is -2.65. The van der Waals surface area contributed by atoms with Crippen molar-refractivity contribution in [1.29, 1.82) is 0 Å². The Morgan fingerprint density at radius 3 is 2.62 bits per heavy atom. The van der Waals surface area contributed by atoms with Crippen LogP contribution in [0.25, 0.3) is 0 Å². The van der Waals surface area contributed by atoms with Gasteiger partial charge in [0.05, 0.1) is 24.2 Å². The van der Waals surface area contributed by atoms with Crippen molar-refractivity contribution in [3.63, 3.8) is 0 Å². The number of fused-ring (bicyclic) bond motifs is 2. The number of aliphatic carboxylic acids is 1. The van der Waals surface area contributed by atoms with E-state index in [1.807, 2.05) is 0 Å². The van der Waals surface area contributed by atoms with E-state index in [0.29, 0.717) is 18.3 Å². The number of rotatable bonds is 5. The van der Waals surface area contributed by atoms with Crippen LogP contribution in [0.5, 0.6) is 0 Å². The minimum atomic E-state index is -1.17. The van der Waals surface area contributed by atoms with Crippen molar-refractivity contribution in [1.82, 2.24) is 0 Å². The molecule has 5 nitrogen and oxygen atoms in total. The summed E-state index contributed by atoms with van der Waals surface area (Å²) in [5.41, 5.74) is -1.60. The number of ether oxygens (including phenoxy) is 1. The molecule has 0 spiro atoms. The molecular formula is C24H34O5. The highest BCUT2D eigenvalue weighted by Crippen LogP contribution is 2.84. The van der Waals surface area contributed by atoms with Crippen LogP contribution in [0.15, 0.2) is 11.6 Å². The summed E-state index contributed by atoms with van der Waals surface area (Å²) in [5.74, 6) is 0.386. The third-order valence-electron chi connectivity index (χ3n) is 9.88. The molecule has 160 valence electrons. The Morgan fingerprint density at radius 2 is 2.03 bits per heavy atom. The lowest BCUT2D eigenvalue weighted by atomic mass is 9.41. The number of carbonyl (C=O) groups is 2. The molecule has 4 bridgehead atoms. The lowest BCUT2D eigenvalue weighted by molar-refractivity contribution is -0.198. The van der Waals surface area contributed by atoms with E-state index >= 15 is 0 Å². The molecule has 0 amide bonds. The molecule has 5 heteroatoms. The Balaban J connectivity index is 1.77. The van der Waals surface area contributed by atoms with Gasteiger partial charge in [-0.3, -0.25) is 4.79 Å². The summed E-state index contributed by atoms with van der Waals surface area (Å²) in [7, 11) is 0. The zero-order valence-electron chi connectivity index (χ0n) is 17.8. The highest BCUT2D eigenvalue weighted by atomic mass is 16.5. The first-order valence-corrected chi connectivity index (χ1v) is 11.5. The van der Waals surface area contributed by atoms with Crippen molar-refractivity contribution in [2.24, 2.45) is 45.8 Å². The summed E-state index contributed by atoms with van der Waals surface area (Å²) in [5, 5.41) is 20.6. The minimum absolute atomic E-state index is 0.0247. The van der Waals surface area contributed by atoms with Crippen molar-refractivity contribution in [2.45, 2.75) is 71.5 Å². The molecule has 4 aliphatic carbocycles. The van der Waals surface area contributed by atoms with Gasteiger partial charge in [-0.05, 0) is 61.7 Å². The van der Waals surface area contributed by atoms with E-state index in [2.05, 4.69) is 26.8 Å². The lowest BCUT2D eigenvalue weighted by Gasteiger charge is -2.59. The van der Waals surface area contributed by atoms with Gasteiger partial charge in [0.2, 0.25) is 0 Å². The van der Waals surface area contributed by atoms with Gasteiger partial charge in [-0.2, -0.15) is 0 Å². The molecular weight excluding hydrogens is 368 g/mol. The molecule has 5 aliphatic rings. The fourth-order valence-electron chi connectivity index (χ4n) is 9.07. The van der Waals surface area contributed by atoms with Gasteiger partial charge in [0, 0.05) is 5.41 Å². The van der Waals surface area contributed by atoms with E-state index in [-0.39, 0.29) is 36.6 Å². The maximum absolute atomic E-state index is 13.4. The zero-order chi connectivity index (χ0) is 20.8. The highest BCUT2D eigenvalue weighted by Gasteiger charge is 2.86. The number of hydrogen-bond donors (Lipinski definition) is 2. The van der Waals surface area contributed by atoms with Crippen LogP contribution >= 0.6 is 0 Å². The second kappa shape index (κ2) is 6.16. The second-order valence-corrected chi connectivity index (χ2v) is 10.9. The predicted molar refractivity (Wildman–Crippen MR) is 107 cm³/mol. The van der Waals surface area contributed by atoms with Crippen molar-refractivity contribution < 1.29 is 24.5 Å². The number of aliphatic hydroxyl groups is 1. The molecule has 6 unspecified atom stereocenters. The summed E-state index contributed by atoms with van der Waals surface area (Å²) in [4.78, 5) is 26.3. The van der Waals surface area contributed by atoms with Gasteiger partial charge < -0.3 is 19.7 Å². The van der Waals surface area contributed by atoms with Gasteiger partial charge in [-0.1, -0.05) is 38.8 Å². The van der Waals surface area contributed by atoms with E-state index in [1.54, 1.807) is 0 Å². The summed E-state index contributed by atoms with van der Waals surface area (Å²) < 4.78 is 6.37. The number of carboxylic acids is 1. The first-order chi connectivity index (χ1) is 13.8. The second-order valence-electron chi connectivity index (χ2n) is 10.9. The monoisotopic (exact) mass is 402 g/mol. The van der Waals surface area contributed by atoms with Gasteiger partial charge in [0.1, 0.15) is 11.7 Å². The normalized spacial score (nSPS) is 52.7. The van der Waals surface area contributed by atoms with Gasteiger partial charge in [-0.15, -0.1) is 0 Å². The average molecular weight is 403 g/mol. The van der Waals surface area contributed by atoms with E-state index < -0.39 is 22.2 Å². The number of carbonyl (C=O) groups excluding carboxylic acids is 1. The van der Waals surface area contributed by atoms with Crippen LogP contribution in [-0.4, -0.2) is 41.3 Å². The average Bonchev–Trinajstić information content (AvgIpc) is 3.41. The van der Waals surface area contributed by atoms with Gasteiger partial charge in [0.15, 0.2) is 0 Å². The SMILES string of the molecule is CC(C)C1=CC2CC3(C=O)[C@@H]4CC[C@@H](C)[C@H]4CC2(C2CCC(CO)O2)C13C(=O)O. The Labute approximate surface area is 172 Å². The van der Waals surface area contributed by atoms with Crippen LogP contribution in [-0.2, 0) is 14.3 Å². The number of aliphatic hydroxyl groups excluding tert-OH is 1. The number of hydrogen-bond acceptors (Lipinski definition) is 4. The van der Waals surface area contributed by atoms with Crippen LogP contribution in [0.1, 0.15) is 59.3 Å². The van der Waals surface area contributed by atoms with E-state index in [1.165, 1.54) is 0 Å². The van der Waals surface area contributed by atoms with Crippen LogP contribution in [0.2, 0.25) is 0 Å². The molecule has 0 aromatic carbocycles. The van der Waals surface area contributed by atoms with E-state index in [4.69, 9.17) is 4.74 Å². The van der Waals surface area contributed by atoms with Crippen LogP contribution in [0.3, 0.4) is 0 Å². The molecule has 9 atom stereocenters. The maximum Gasteiger partial charge on any atom is 0.315 e. The smallest absolute Gasteiger partial charge is 0.315 e. The number of aldehydes is 1. The third kappa shape index (κ3) is 1.96. The Kier molecular flexibility index (Phi) is 4.20.